The number of benzene rings is 2. The van der Waals surface area contributed by atoms with E-state index in [0.29, 0.717) is 12.2 Å². The molecule has 1 aliphatic heterocycles. The number of nitrogens with one attached hydrogen (secondary N) is 1. The van der Waals surface area contributed by atoms with Gasteiger partial charge in [-0.3, -0.25) is 4.79 Å². The molecule has 0 saturated carbocycles. The summed E-state index contributed by atoms with van der Waals surface area (Å²) in [6.45, 7) is 2.15. The highest BCUT2D eigenvalue weighted by Crippen LogP contribution is 2.22. The molecule has 2 N–H and O–H groups in total. The molecule has 0 bridgehead atoms. The molecule has 1 fully saturated rings. The Bertz CT molecular complexity index is 683. The van der Waals surface area contributed by atoms with Gasteiger partial charge in [0.1, 0.15) is 5.82 Å². The summed E-state index contributed by atoms with van der Waals surface area (Å²) in [6.07, 6.45) is 1.01. The Morgan fingerprint density at radius 3 is 2.40 bits per heavy atom. The fourth-order valence-corrected chi connectivity index (χ4v) is 3.18. The van der Waals surface area contributed by atoms with Gasteiger partial charge in [0.05, 0.1) is 6.10 Å². The highest BCUT2D eigenvalue weighted by atomic mass is 19.1. The Labute approximate surface area is 147 Å². The topological polar surface area (TPSA) is 52.6 Å². The summed E-state index contributed by atoms with van der Waals surface area (Å²) in [5.41, 5.74) is 1.53. The Balaban J connectivity index is 1.46. The quantitative estimate of drug-likeness (QED) is 0.877. The number of hydrogen-bond donors (Lipinski definition) is 2. The molecule has 4 nitrogen and oxygen atoms in total. The van der Waals surface area contributed by atoms with E-state index in [1.165, 1.54) is 12.1 Å². The van der Waals surface area contributed by atoms with Gasteiger partial charge in [0.25, 0.3) is 0 Å². The summed E-state index contributed by atoms with van der Waals surface area (Å²) >= 11 is 0. The Morgan fingerprint density at radius 2 is 1.76 bits per heavy atom. The smallest absolute Gasteiger partial charge is 0.227 e. The average molecular weight is 342 g/mol. The second-order valence-corrected chi connectivity index (χ2v) is 6.50. The van der Waals surface area contributed by atoms with Crippen LogP contribution in [-0.4, -0.2) is 35.5 Å². The maximum atomic E-state index is 12.9. The third-order valence-electron chi connectivity index (χ3n) is 4.69. The van der Waals surface area contributed by atoms with E-state index in [1.807, 2.05) is 30.3 Å². The summed E-state index contributed by atoms with van der Waals surface area (Å²) in [5.74, 6) is -0.381. The first kappa shape index (κ1) is 17.6. The van der Waals surface area contributed by atoms with Gasteiger partial charge in [-0.25, -0.2) is 4.39 Å². The lowest BCUT2D eigenvalue weighted by atomic mass is 9.95. The Hall–Kier alpha value is -2.24. The molecular formula is C20H23FN2O2. The predicted octanol–water partition coefficient (Wildman–Crippen LogP) is 3.21. The fraction of sp³-hybridized carbons (Fsp3) is 0.350. The summed E-state index contributed by atoms with van der Waals surface area (Å²) in [4.78, 5) is 14.5. The second-order valence-electron chi connectivity index (χ2n) is 6.50. The number of anilines is 1. The minimum absolute atomic E-state index is 0.0186. The number of carbonyl (C=O) groups is 1. The minimum atomic E-state index is -0.509. The number of aliphatic hydroxyl groups excluding tert-OH is 1. The lowest BCUT2D eigenvalue weighted by Crippen LogP contribution is -2.40. The van der Waals surface area contributed by atoms with Crippen molar-refractivity contribution in [3.63, 3.8) is 0 Å². The van der Waals surface area contributed by atoms with E-state index in [1.54, 1.807) is 12.1 Å². The normalized spacial score (nSPS) is 17.2. The summed E-state index contributed by atoms with van der Waals surface area (Å²) < 4.78 is 12.9. The SMILES string of the molecule is O=C(Nc1ccc(F)cc1)C1CCN(CC(O)c2ccccc2)CC1. The van der Waals surface area contributed by atoms with Crippen LogP contribution in [0.4, 0.5) is 10.1 Å². The van der Waals surface area contributed by atoms with Gasteiger partial charge >= 0.3 is 0 Å². The van der Waals surface area contributed by atoms with Crippen molar-refractivity contribution in [2.45, 2.75) is 18.9 Å². The zero-order chi connectivity index (χ0) is 17.6. The van der Waals surface area contributed by atoms with Crippen LogP contribution in [0.3, 0.4) is 0 Å². The molecule has 25 heavy (non-hydrogen) atoms. The van der Waals surface area contributed by atoms with Crippen LogP contribution in [0.2, 0.25) is 0 Å². The first-order chi connectivity index (χ1) is 12.1. The van der Waals surface area contributed by atoms with Crippen molar-refractivity contribution in [3.05, 3.63) is 66.0 Å². The van der Waals surface area contributed by atoms with E-state index in [0.717, 1.165) is 31.5 Å². The van der Waals surface area contributed by atoms with E-state index in [9.17, 15) is 14.3 Å². The molecule has 0 aliphatic carbocycles. The van der Waals surface area contributed by atoms with Gasteiger partial charge < -0.3 is 15.3 Å². The molecule has 1 aliphatic rings. The van der Waals surface area contributed by atoms with Crippen molar-refractivity contribution in [2.75, 3.05) is 25.0 Å². The standard InChI is InChI=1S/C20H23FN2O2/c21-17-6-8-18(9-7-17)22-20(25)16-10-12-23(13-11-16)14-19(24)15-4-2-1-3-5-15/h1-9,16,19,24H,10-14H2,(H,22,25). The molecule has 1 atom stereocenters. The fourth-order valence-electron chi connectivity index (χ4n) is 3.18. The molecule has 0 aromatic heterocycles. The van der Waals surface area contributed by atoms with Crippen LogP contribution in [-0.2, 0) is 4.79 Å². The summed E-state index contributed by atoms with van der Waals surface area (Å²) in [7, 11) is 0. The molecular weight excluding hydrogens is 319 g/mol. The van der Waals surface area contributed by atoms with Crippen LogP contribution in [0, 0.1) is 11.7 Å². The second kappa shape index (κ2) is 8.23. The number of piperidine rings is 1. The van der Waals surface area contributed by atoms with Gasteiger partial charge in [0.2, 0.25) is 5.91 Å². The van der Waals surface area contributed by atoms with E-state index < -0.39 is 6.10 Å². The van der Waals surface area contributed by atoms with Crippen LogP contribution in [0.25, 0.3) is 0 Å². The maximum Gasteiger partial charge on any atom is 0.227 e. The molecule has 5 heteroatoms. The summed E-state index contributed by atoms with van der Waals surface area (Å²) in [6, 6.07) is 15.4. The third-order valence-corrected chi connectivity index (χ3v) is 4.69. The van der Waals surface area contributed by atoms with Crippen molar-refractivity contribution in [2.24, 2.45) is 5.92 Å². The number of carbonyl (C=O) groups excluding carboxylic acids is 1. The molecule has 132 valence electrons. The number of aliphatic hydroxyl groups is 1. The number of amides is 1. The van der Waals surface area contributed by atoms with Crippen molar-refractivity contribution in [1.82, 2.24) is 4.90 Å². The molecule has 1 heterocycles. The van der Waals surface area contributed by atoms with E-state index >= 15 is 0 Å². The van der Waals surface area contributed by atoms with Crippen LogP contribution < -0.4 is 5.32 Å². The minimum Gasteiger partial charge on any atom is -0.387 e. The van der Waals surface area contributed by atoms with Crippen molar-refractivity contribution < 1.29 is 14.3 Å². The largest absolute Gasteiger partial charge is 0.387 e. The van der Waals surface area contributed by atoms with Crippen molar-refractivity contribution in [3.8, 4) is 0 Å². The highest BCUT2D eigenvalue weighted by Gasteiger charge is 2.26. The van der Waals surface area contributed by atoms with Gasteiger partial charge in [-0.1, -0.05) is 30.3 Å². The maximum absolute atomic E-state index is 12.9. The first-order valence-corrected chi connectivity index (χ1v) is 8.63. The zero-order valence-corrected chi connectivity index (χ0v) is 14.1. The number of likely N-dealkylation sites (tertiary alicyclic amines) is 1. The van der Waals surface area contributed by atoms with Crippen molar-refractivity contribution in [1.29, 1.82) is 0 Å². The molecule has 3 rings (SSSR count). The van der Waals surface area contributed by atoms with Gasteiger partial charge in [-0.05, 0) is 55.8 Å². The third kappa shape index (κ3) is 4.87. The van der Waals surface area contributed by atoms with E-state index in [-0.39, 0.29) is 17.6 Å². The summed E-state index contributed by atoms with van der Waals surface area (Å²) in [5, 5.41) is 13.2. The van der Waals surface area contributed by atoms with E-state index in [2.05, 4.69) is 10.2 Å². The number of nitrogens with zero attached hydrogens (tertiary/aromatic N) is 1. The lowest BCUT2D eigenvalue weighted by molar-refractivity contribution is -0.121. The Kier molecular flexibility index (Phi) is 5.79. The highest BCUT2D eigenvalue weighted by molar-refractivity contribution is 5.92. The van der Waals surface area contributed by atoms with Crippen LogP contribution >= 0.6 is 0 Å². The number of β-amino-alcohol motifs (C(OH)–C–C–N with tert-alkyl or cyclic N) is 1. The van der Waals surface area contributed by atoms with Crippen LogP contribution in [0.5, 0.6) is 0 Å². The molecule has 1 amide bonds. The van der Waals surface area contributed by atoms with Gasteiger partial charge in [-0.15, -0.1) is 0 Å². The lowest BCUT2D eigenvalue weighted by Gasteiger charge is -2.32. The molecule has 1 saturated heterocycles. The Morgan fingerprint density at radius 1 is 1.12 bits per heavy atom. The van der Waals surface area contributed by atoms with E-state index in [4.69, 9.17) is 0 Å². The molecule has 0 radical (unpaired) electrons. The number of halogens is 1. The van der Waals surface area contributed by atoms with Crippen LogP contribution in [0.15, 0.2) is 54.6 Å². The van der Waals surface area contributed by atoms with Crippen LogP contribution in [0.1, 0.15) is 24.5 Å². The number of hydrogen-bond acceptors (Lipinski definition) is 3. The molecule has 0 spiro atoms. The molecule has 1 unspecified atom stereocenters. The van der Waals surface area contributed by atoms with Gasteiger partial charge in [-0.2, -0.15) is 0 Å². The monoisotopic (exact) mass is 342 g/mol. The predicted molar refractivity (Wildman–Crippen MR) is 95.6 cm³/mol. The number of rotatable bonds is 5. The zero-order valence-electron chi connectivity index (χ0n) is 14.1. The van der Waals surface area contributed by atoms with Crippen molar-refractivity contribution >= 4 is 11.6 Å². The van der Waals surface area contributed by atoms with Gasteiger partial charge in [0.15, 0.2) is 0 Å². The molecule has 2 aromatic rings. The van der Waals surface area contributed by atoms with Gasteiger partial charge in [0, 0.05) is 18.2 Å². The first-order valence-electron chi connectivity index (χ1n) is 8.63. The molecule has 2 aromatic carbocycles. The average Bonchev–Trinajstić information content (AvgIpc) is 2.65.